The van der Waals surface area contributed by atoms with Gasteiger partial charge in [-0.2, -0.15) is 0 Å². The lowest BCUT2D eigenvalue weighted by molar-refractivity contribution is -0.145. The molecule has 140 valence electrons. The quantitative estimate of drug-likeness (QED) is 0.507. The van der Waals surface area contributed by atoms with Crippen LogP contribution in [0.5, 0.6) is 5.75 Å². The van der Waals surface area contributed by atoms with Gasteiger partial charge in [-0.25, -0.2) is 4.98 Å². The van der Waals surface area contributed by atoms with E-state index in [0.717, 1.165) is 41.3 Å². The number of hydrogen-bond donors (Lipinski definition) is 1. The highest BCUT2D eigenvalue weighted by Crippen LogP contribution is 2.31. The molecular formula is C19H24N2O4S. The fourth-order valence-corrected chi connectivity index (χ4v) is 3.21. The SMILES string of the molecule is COc1ccccc1-c1nc(COC(=O)CCCCCNC(C)=O)cs1. The van der Waals surface area contributed by atoms with Crippen LogP contribution in [0, 0.1) is 0 Å². The zero-order valence-electron chi connectivity index (χ0n) is 15.1. The van der Waals surface area contributed by atoms with E-state index in [1.807, 2.05) is 29.6 Å². The molecule has 0 atom stereocenters. The van der Waals surface area contributed by atoms with Gasteiger partial charge in [0.25, 0.3) is 0 Å². The van der Waals surface area contributed by atoms with Crippen molar-refractivity contribution in [1.82, 2.24) is 10.3 Å². The molecule has 0 aliphatic heterocycles. The van der Waals surface area contributed by atoms with Crippen LogP contribution in [0.1, 0.15) is 38.3 Å². The van der Waals surface area contributed by atoms with Gasteiger partial charge in [0.1, 0.15) is 17.4 Å². The van der Waals surface area contributed by atoms with E-state index in [2.05, 4.69) is 10.3 Å². The largest absolute Gasteiger partial charge is 0.496 e. The van der Waals surface area contributed by atoms with E-state index >= 15 is 0 Å². The molecule has 1 aromatic heterocycles. The minimum Gasteiger partial charge on any atom is -0.496 e. The molecule has 0 radical (unpaired) electrons. The Morgan fingerprint density at radius 2 is 2.00 bits per heavy atom. The normalized spacial score (nSPS) is 10.4. The van der Waals surface area contributed by atoms with Crippen LogP contribution < -0.4 is 10.1 Å². The summed E-state index contributed by atoms with van der Waals surface area (Å²) in [5.41, 5.74) is 1.66. The van der Waals surface area contributed by atoms with Crippen molar-refractivity contribution in [3.05, 3.63) is 35.3 Å². The average molecular weight is 376 g/mol. The molecule has 0 saturated carbocycles. The van der Waals surface area contributed by atoms with Crippen molar-refractivity contribution in [2.24, 2.45) is 0 Å². The third-order valence-corrected chi connectivity index (χ3v) is 4.63. The maximum Gasteiger partial charge on any atom is 0.306 e. The van der Waals surface area contributed by atoms with E-state index in [9.17, 15) is 9.59 Å². The molecule has 1 heterocycles. The molecule has 0 spiro atoms. The van der Waals surface area contributed by atoms with Crippen molar-refractivity contribution in [2.45, 2.75) is 39.2 Å². The van der Waals surface area contributed by atoms with Crippen LogP contribution in [-0.2, 0) is 20.9 Å². The number of esters is 1. The first-order chi connectivity index (χ1) is 12.6. The molecule has 1 amide bonds. The summed E-state index contributed by atoms with van der Waals surface area (Å²) in [4.78, 5) is 27.1. The second kappa shape index (κ2) is 10.6. The summed E-state index contributed by atoms with van der Waals surface area (Å²) in [6.45, 7) is 2.32. The third-order valence-electron chi connectivity index (χ3n) is 3.70. The van der Waals surface area contributed by atoms with Crippen LogP contribution in [-0.4, -0.2) is 30.5 Å². The number of unbranched alkanes of at least 4 members (excludes halogenated alkanes) is 2. The highest BCUT2D eigenvalue weighted by atomic mass is 32.1. The predicted molar refractivity (Wildman–Crippen MR) is 101 cm³/mol. The van der Waals surface area contributed by atoms with Gasteiger partial charge in [0.15, 0.2) is 0 Å². The van der Waals surface area contributed by atoms with Crippen molar-refractivity contribution >= 4 is 23.2 Å². The Labute approximate surface area is 157 Å². The van der Waals surface area contributed by atoms with Crippen molar-refractivity contribution in [3.63, 3.8) is 0 Å². The molecule has 0 unspecified atom stereocenters. The number of amides is 1. The summed E-state index contributed by atoms with van der Waals surface area (Å²) in [7, 11) is 1.63. The fourth-order valence-electron chi connectivity index (χ4n) is 2.38. The minimum atomic E-state index is -0.226. The highest BCUT2D eigenvalue weighted by molar-refractivity contribution is 7.13. The van der Waals surface area contributed by atoms with Crippen LogP contribution in [0.2, 0.25) is 0 Å². The molecule has 2 aromatic rings. The van der Waals surface area contributed by atoms with E-state index < -0.39 is 0 Å². The van der Waals surface area contributed by atoms with E-state index in [-0.39, 0.29) is 18.5 Å². The Morgan fingerprint density at radius 1 is 1.19 bits per heavy atom. The Hall–Kier alpha value is -2.41. The number of thiazole rings is 1. The molecule has 1 N–H and O–H groups in total. The standard InChI is InChI=1S/C19H24N2O4S/c1-14(22)20-11-7-3-4-10-18(23)25-12-15-13-26-19(21-15)16-8-5-6-9-17(16)24-2/h5-6,8-9,13H,3-4,7,10-12H2,1-2H3,(H,20,22). The Kier molecular flexibility index (Phi) is 8.08. The van der Waals surface area contributed by atoms with E-state index in [4.69, 9.17) is 9.47 Å². The van der Waals surface area contributed by atoms with Gasteiger partial charge in [0.05, 0.1) is 18.4 Å². The van der Waals surface area contributed by atoms with Gasteiger partial charge in [0.2, 0.25) is 5.91 Å². The zero-order valence-corrected chi connectivity index (χ0v) is 15.9. The predicted octanol–water partition coefficient (Wildman–Crippen LogP) is 3.56. The summed E-state index contributed by atoms with van der Waals surface area (Å²) in [6.07, 6.45) is 2.87. The molecular weight excluding hydrogens is 352 g/mol. The number of hydrogen-bond acceptors (Lipinski definition) is 6. The average Bonchev–Trinajstić information content (AvgIpc) is 3.11. The number of aromatic nitrogens is 1. The van der Waals surface area contributed by atoms with Crippen LogP contribution in [0.3, 0.4) is 0 Å². The molecule has 6 nitrogen and oxygen atoms in total. The molecule has 1 aromatic carbocycles. The number of ether oxygens (including phenoxy) is 2. The Morgan fingerprint density at radius 3 is 2.77 bits per heavy atom. The Balaban J connectivity index is 1.72. The molecule has 0 fully saturated rings. The van der Waals surface area contributed by atoms with Gasteiger partial charge in [0, 0.05) is 25.3 Å². The monoisotopic (exact) mass is 376 g/mol. The summed E-state index contributed by atoms with van der Waals surface area (Å²) < 4.78 is 10.6. The number of rotatable bonds is 10. The maximum atomic E-state index is 11.8. The minimum absolute atomic E-state index is 0.0276. The molecule has 26 heavy (non-hydrogen) atoms. The van der Waals surface area contributed by atoms with Gasteiger partial charge < -0.3 is 14.8 Å². The number of methoxy groups -OCH3 is 1. The molecule has 7 heteroatoms. The van der Waals surface area contributed by atoms with E-state index in [0.29, 0.717) is 13.0 Å². The molecule has 0 saturated heterocycles. The van der Waals surface area contributed by atoms with Gasteiger partial charge in [-0.3, -0.25) is 9.59 Å². The number of carbonyl (C=O) groups is 2. The van der Waals surface area contributed by atoms with Crippen molar-refractivity contribution < 1.29 is 19.1 Å². The first-order valence-corrected chi connectivity index (χ1v) is 9.46. The first kappa shape index (κ1) is 19.9. The maximum absolute atomic E-state index is 11.8. The highest BCUT2D eigenvalue weighted by Gasteiger charge is 2.11. The lowest BCUT2D eigenvalue weighted by Crippen LogP contribution is -2.20. The second-order valence-electron chi connectivity index (χ2n) is 5.80. The van der Waals surface area contributed by atoms with Gasteiger partial charge in [-0.15, -0.1) is 11.3 Å². The van der Waals surface area contributed by atoms with Crippen LogP contribution in [0.25, 0.3) is 10.6 Å². The summed E-state index contributed by atoms with van der Waals surface area (Å²) in [5, 5.41) is 5.46. The number of nitrogens with zero attached hydrogens (tertiary/aromatic N) is 1. The summed E-state index contributed by atoms with van der Waals surface area (Å²) in [5.74, 6) is 0.515. The Bertz CT molecular complexity index is 730. The van der Waals surface area contributed by atoms with Crippen LogP contribution in [0.15, 0.2) is 29.6 Å². The van der Waals surface area contributed by atoms with Crippen LogP contribution >= 0.6 is 11.3 Å². The molecule has 0 aliphatic carbocycles. The topological polar surface area (TPSA) is 77.5 Å². The first-order valence-electron chi connectivity index (χ1n) is 8.58. The van der Waals surface area contributed by atoms with Crippen molar-refractivity contribution in [1.29, 1.82) is 0 Å². The number of nitrogens with one attached hydrogen (secondary N) is 1. The molecule has 2 rings (SSSR count). The molecule has 0 aliphatic rings. The lowest BCUT2D eigenvalue weighted by atomic mass is 10.2. The van der Waals surface area contributed by atoms with Gasteiger partial charge in [-0.05, 0) is 25.0 Å². The number of para-hydroxylation sites is 1. The summed E-state index contributed by atoms with van der Waals surface area (Å²) in [6, 6.07) is 7.69. The van der Waals surface area contributed by atoms with E-state index in [1.54, 1.807) is 7.11 Å². The molecule has 0 bridgehead atoms. The van der Waals surface area contributed by atoms with Gasteiger partial charge >= 0.3 is 5.97 Å². The number of carbonyl (C=O) groups excluding carboxylic acids is 2. The second-order valence-corrected chi connectivity index (χ2v) is 6.66. The third kappa shape index (κ3) is 6.48. The number of benzene rings is 1. The van der Waals surface area contributed by atoms with Crippen molar-refractivity contribution in [3.8, 4) is 16.3 Å². The summed E-state index contributed by atoms with van der Waals surface area (Å²) >= 11 is 1.50. The van der Waals surface area contributed by atoms with Crippen molar-refractivity contribution in [2.75, 3.05) is 13.7 Å². The fraction of sp³-hybridized carbons (Fsp3) is 0.421. The van der Waals surface area contributed by atoms with E-state index in [1.165, 1.54) is 18.3 Å². The smallest absolute Gasteiger partial charge is 0.306 e. The van der Waals surface area contributed by atoms with Gasteiger partial charge in [-0.1, -0.05) is 18.6 Å². The van der Waals surface area contributed by atoms with Crippen LogP contribution in [0.4, 0.5) is 0 Å². The zero-order chi connectivity index (χ0) is 18.8. The lowest BCUT2D eigenvalue weighted by Gasteiger charge is -2.05.